The summed E-state index contributed by atoms with van der Waals surface area (Å²) in [4.78, 5) is 21.5. The second kappa shape index (κ2) is 7.17. The van der Waals surface area contributed by atoms with Crippen LogP contribution in [0, 0.1) is 0 Å². The Hall–Kier alpha value is -1.82. The zero-order chi connectivity index (χ0) is 17.0. The number of benzene rings is 2. The van der Waals surface area contributed by atoms with Crippen molar-refractivity contribution in [3.63, 3.8) is 0 Å². The molecule has 2 aromatic carbocycles. The van der Waals surface area contributed by atoms with Gasteiger partial charge >= 0.3 is 10.9 Å². The highest BCUT2D eigenvalue weighted by Gasteiger charge is 2.26. The topological polar surface area (TPSA) is 52.6 Å². The molecule has 0 saturated heterocycles. The smallest absolute Gasteiger partial charge is 0.409 e. The van der Waals surface area contributed by atoms with Gasteiger partial charge in [-0.2, -0.15) is 0 Å². The van der Waals surface area contributed by atoms with E-state index in [1.54, 1.807) is 24.3 Å². The Balaban J connectivity index is 2.23. The molecule has 23 heavy (non-hydrogen) atoms. The van der Waals surface area contributed by atoms with Crippen molar-refractivity contribution in [1.82, 2.24) is 0 Å². The summed E-state index contributed by atoms with van der Waals surface area (Å²) < 4.78 is 9.64. The number of ether oxygens (including phenoxy) is 2. The second-order valence-electron chi connectivity index (χ2n) is 5.35. The van der Waals surface area contributed by atoms with Gasteiger partial charge < -0.3 is 9.47 Å². The lowest BCUT2D eigenvalue weighted by molar-refractivity contribution is 0.224. The normalized spacial score (nSPS) is 11.0. The van der Waals surface area contributed by atoms with Gasteiger partial charge in [0.1, 0.15) is 19.6 Å². The van der Waals surface area contributed by atoms with Crippen molar-refractivity contribution in [1.29, 1.82) is 0 Å². The molecular formula is C16H14Cl2O4Si. The largest absolute Gasteiger partial charge is 0.415 e. The van der Waals surface area contributed by atoms with Gasteiger partial charge in [-0.1, -0.05) is 47.7 Å². The van der Waals surface area contributed by atoms with Crippen molar-refractivity contribution in [2.24, 2.45) is 0 Å². The molecule has 0 spiro atoms. The van der Waals surface area contributed by atoms with Gasteiger partial charge in [-0.05, 0) is 24.3 Å². The van der Waals surface area contributed by atoms with Crippen LogP contribution in [0.4, 0.5) is 9.59 Å². The first kappa shape index (κ1) is 17.5. The monoisotopic (exact) mass is 368 g/mol. The van der Waals surface area contributed by atoms with Crippen molar-refractivity contribution in [3.05, 3.63) is 48.5 Å². The Bertz CT molecular complexity index is 650. The predicted octanol–water partition coefficient (Wildman–Crippen LogP) is 3.98. The summed E-state index contributed by atoms with van der Waals surface area (Å²) in [6, 6.07) is 14.6. The van der Waals surface area contributed by atoms with Crippen LogP contribution < -0.4 is 19.8 Å². The lowest BCUT2D eigenvalue weighted by atomic mass is 10.3. The molecule has 0 atom stereocenters. The van der Waals surface area contributed by atoms with Gasteiger partial charge in [0.25, 0.3) is 0 Å². The molecule has 0 aliphatic rings. The Morgan fingerprint density at radius 3 is 1.30 bits per heavy atom. The molecule has 0 N–H and O–H groups in total. The fraction of sp³-hybridized carbons (Fsp3) is 0.125. The summed E-state index contributed by atoms with van der Waals surface area (Å²) in [6.07, 6.45) is 0. The third-order valence-electron chi connectivity index (χ3n) is 3.55. The predicted molar refractivity (Wildman–Crippen MR) is 93.4 cm³/mol. The molecule has 0 amide bonds. The number of hydrogen-bond acceptors (Lipinski definition) is 4. The minimum Gasteiger partial charge on any atom is -0.415 e. The Labute approximate surface area is 144 Å². The Morgan fingerprint density at radius 2 is 1.04 bits per heavy atom. The third kappa shape index (κ3) is 4.57. The maximum atomic E-state index is 10.7. The molecule has 4 nitrogen and oxygen atoms in total. The molecule has 2 aromatic rings. The maximum Gasteiger partial charge on any atom is 0.409 e. The van der Waals surface area contributed by atoms with Crippen LogP contribution in [0.1, 0.15) is 0 Å². The van der Waals surface area contributed by atoms with E-state index >= 15 is 0 Å². The highest BCUT2D eigenvalue weighted by atomic mass is 35.5. The highest BCUT2D eigenvalue weighted by Crippen LogP contribution is 2.15. The lowest BCUT2D eigenvalue weighted by Gasteiger charge is -2.24. The van der Waals surface area contributed by atoms with Gasteiger partial charge in [0, 0.05) is 23.2 Å². The molecule has 120 valence electrons. The highest BCUT2D eigenvalue weighted by molar-refractivity contribution is 7.00. The summed E-state index contributed by atoms with van der Waals surface area (Å²) in [5.41, 5.74) is -1.72. The van der Waals surface area contributed by atoms with Gasteiger partial charge in [-0.15, -0.1) is 0 Å². The molecule has 2 rings (SSSR count). The molecule has 0 unspecified atom stereocenters. The quantitative estimate of drug-likeness (QED) is 0.604. The van der Waals surface area contributed by atoms with Crippen LogP contribution in [-0.4, -0.2) is 18.9 Å². The molecular weight excluding hydrogens is 355 g/mol. The number of hydrogen-bond donors (Lipinski definition) is 0. The first-order chi connectivity index (χ1) is 10.8. The zero-order valence-corrected chi connectivity index (χ0v) is 15.0. The van der Waals surface area contributed by atoms with Crippen LogP contribution in [0.25, 0.3) is 0 Å². The van der Waals surface area contributed by atoms with E-state index in [0.717, 1.165) is 10.4 Å². The molecule has 0 aliphatic heterocycles. The van der Waals surface area contributed by atoms with E-state index in [-0.39, 0.29) is 0 Å². The minimum absolute atomic E-state index is 0.405. The van der Waals surface area contributed by atoms with Crippen LogP contribution in [0.3, 0.4) is 0 Å². The second-order valence-corrected chi connectivity index (χ2v) is 10.4. The van der Waals surface area contributed by atoms with Crippen LogP contribution in [0.5, 0.6) is 11.5 Å². The van der Waals surface area contributed by atoms with Gasteiger partial charge in [0.05, 0.1) is 0 Å². The molecule has 0 bridgehead atoms. The van der Waals surface area contributed by atoms with Crippen molar-refractivity contribution < 1.29 is 19.1 Å². The number of carbonyl (C=O) groups excluding carboxylic acids is 2. The summed E-state index contributed by atoms with van der Waals surface area (Å²) in [7, 11) is -1.93. The van der Waals surface area contributed by atoms with Crippen LogP contribution in [0.15, 0.2) is 48.5 Å². The van der Waals surface area contributed by atoms with Crippen molar-refractivity contribution >= 4 is 52.5 Å². The fourth-order valence-electron chi connectivity index (χ4n) is 2.23. The summed E-state index contributed by atoms with van der Waals surface area (Å²) in [6.45, 7) is 4.39. The first-order valence-corrected chi connectivity index (χ1v) is 10.5. The summed E-state index contributed by atoms with van der Waals surface area (Å²) in [5, 5.41) is 2.32. The van der Waals surface area contributed by atoms with Crippen LogP contribution >= 0.6 is 23.2 Å². The van der Waals surface area contributed by atoms with E-state index in [0.29, 0.717) is 11.5 Å². The molecule has 0 saturated carbocycles. The number of rotatable bonds is 4. The van der Waals surface area contributed by atoms with E-state index in [1.165, 1.54) is 0 Å². The van der Waals surface area contributed by atoms with Crippen molar-refractivity contribution in [2.75, 3.05) is 0 Å². The van der Waals surface area contributed by atoms with E-state index in [2.05, 4.69) is 13.1 Å². The average Bonchev–Trinajstić information content (AvgIpc) is 2.47. The van der Waals surface area contributed by atoms with Gasteiger partial charge in [-0.25, -0.2) is 9.59 Å². The maximum absolute atomic E-state index is 10.7. The number of carbonyl (C=O) groups is 2. The van der Waals surface area contributed by atoms with Crippen LogP contribution in [0.2, 0.25) is 13.1 Å². The van der Waals surface area contributed by atoms with E-state index < -0.39 is 18.9 Å². The van der Waals surface area contributed by atoms with Crippen LogP contribution in [-0.2, 0) is 0 Å². The molecule has 0 heterocycles. The Morgan fingerprint density at radius 1 is 0.739 bits per heavy atom. The average molecular weight is 369 g/mol. The molecule has 0 aliphatic carbocycles. The fourth-order valence-corrected chi connectivity index (χ4v) is 4.74. The Kier molecular flexibility index (Phi) is 5.46. The minimum atomic E-state index is -1.93. The zero-order valence-electron chi connectivity index (χ0n) is 12.5. The first-order valence-electron chi connectivity index (χ1n) is 6.75. The number of halogens is 2. The van der Waals surface area contributed by atoms with E-state index in [4.69, 9.17) is 32.7 Å². The summed E-state index contributed by atoms with van der Waals surface area (Å²) >= 11 is 10.4. The van der Waals surface area contributed by atoms with Gasteiger partial charge in [0.2, 0.25) is 0 Å². The molecule has 0 fully saturated rings. The van der Waals surface area contributed by atoms with E-state index in [1.807, 2.05) is 24.3 Å². The third-order valence-corrected chi connectivity index (χ3v) is 7.26. The molecule has 0 radical (unpaired) electrons. The van der Waals surface area contributed by atoms with Gasteiger partial charge in [0.15, 0.2) is 0 Å². The standard InChI is InChI=1S/C16H14Cl2O4Si/c1-23(2,13-7-3-11(4-8-13)21-15(17)19)14-9-5-12(6-10-14)22-16(18)20/h3-10H,1-2H3. The molecule has 7 heteroatoms. The lowest BCUT2D eigenvalue weighted by Crippen LogP contribution is -2.52. The molecule has 0 aromatic heterocycles. The van der Waals surface area contributed by atoms with E-state index in [9.17, 15) is 9.59 Å². The van der Waals surface area contributed by atoms with Crippen molar-refractivity contribution in [2.45, 2.75) is 13.1 Å². The van der Waals surface area contributed by atoms with Crippen molar-refractivity contribution in [3.8, 4) is 11.5 Å². The summed E-state index contributed by atoms with van der Waals surface area (Å²) in [5.74, 6) is 0.811. The SMILES string of the molecule is C[Si](C)(c1ccc(OC(=O)Cl)cc1)c1ccc(OC(=O)Cl)cc1. The van der Waals surface area contributed by atoms with Gasteiger partial charge in [-0.3, -0.25) is 0 Å².